The molecule has 1 unspecified atom stereocenters. The molecule has 0 bridgehead atoms. The van der Waals surface area contributed by atoms with Crippen molar-refractivity contribution in [3.63, 3.8) is 0 Å². The van der Waals surface area contributed by atoms with Gasteiger partial charge in [-0.25, -0.2) is 4.39 Å². The molecule has 100 valence electrons. The first-order valence-corrected chi connectivity index (χ1v) is 6.92. The molecule has 0 radical (unpaired) electrons. The number of rotatable bonds is 2. The van der Waals surface area contributed by atoms with E-state index in [2.05, 4.69) is 11.8 Å². The molecule has 0 aliphatic carbocycles. The summed E-state index contributed by atoms with van der Waals surface area (Å²) in [7, 11) is 0. The summed E-state index contributed by atoms with van der Waals surface area (Å²) < 4.78 is 13.4. The Morgan fingerprint density at radius 1 is 1.33 bits per heavy atom. The first-order chi connectivity index (χ1) is 8.61. The van der Waals surface area contributed by atoms with Crippen molar-refractivity contribution in [2.24, 2.45) is 5.92 Å². The number of halogens is 1. The maximum atomic E-state index is 13.4. The maximum absolute atomic E-state index is 13.4. The van der Waals surface area contributed by atoms with E-state index in [9.17, 15) is 4.39 Å². The molecule has 1 aromatic rings. The van der Waals surface area contributed by atoms with Crippen LogP contribution in [0, 0.1) is 18.7 Å². The Balaban J connectivity index is 2.18. The van der Waals surface area contributed by atoms with Crippen molar-refractivity contribution in [2.45, 2.75) is 39.5 Å². The number of nitrogens with zero attached hydrogens (tertiary/aromatic N) is 1. The van der Waals surface area contributed by atoms with Gasteiger partial charge in [-0.1, -0.05) is 13.3 Å². The second-order valence-corrected chi connectivity index (χ2v) is 5.35. The zero-order valence-corrected chi connectivity index (χ0v) is 11.4. The van der Waals surface area contributed by atoms with Gasteiger partial charge in [-0.05, 0) is 49.8 Å². The minimum atomic E-state index is -0.211. The van der Waals surface area contributed by atoms with E-state index in [0.29, 0.717) is 11.3 Å². The highest BCUT2D eigenvalue weighted by atomic mass is 19.1. The van der Waals surface area contributed by atoms with Crippen LogP contribution in [0.1, 0.15) is 38.2 Å². The summed E-state index contributed by atoms with van der Waals surface area (Å²) in [5, 5.41) is 0. The molecule has 3 heteroatoms. The number of anilines is 2. The first-order valence-electron chi connectivity index (χ1n) is 6.92. The van der Waals surface area contributed by atoms with Gasteiger partial charge < -0.3 is 10.6 Å². The van der Waals surface area contributed by atoms with E-state index in [4.69, 9.17) is 5.73 Å². The molecule has 0 saturated carbocycles. The summed E-state index contributed by atoms with van der Waals surface area (Å²) in [6.07, 6.45) is 4.97. The Morgan fingerprint density at radius 3 is 2.83 bits per heavy atom. The molecular weight excluding hydrogens is 227 g/mol. The Kier molecular flexibility index (Phi) is 4.10. The molecule has 1 aliphatic rings. The molecule has 1 aliphatic heterocycles. The van der Waals surface area contributed by atoms with Crippen molar-refractivity contribution < 1.29 is 4.39 Å². The third-order valence-electron chi connectivity index (χ3n) is 4.07. The predicted molar refractivity (Wildman–Crippen MR) is 75.4 cm³/mol. The minimum Gasteiger partial charge on any atom is -0.397 e. The highest BCUT2D eigenvalue weighted by Crippen LogP contribution is 2.30. The van der Waals surface area contributed by atoms with Gasteiger partial charge in [-0.15, -0.1) is 0 Å². The van der Waals surface area contributed by atoms with Crippen LogP contribution in [0.2, 0.25) is 0 Å². The van der Waals surface area contributed by atoms with Crippen LogP contribution in [0.25, 0.3) is 0 Å². The molecule has 1 aromatic carbocycles. The number of nitrogen functional groups attached to an aromatic ring is 1. The SMILES string of the molecule is CCC1CCCN(c2cc(C)c(F)cc2N)CC1. The van der Waals surface area contributed by atoms with E-state index in [1.165, 1.54) is 31.7 Å². The van der Waals surface area contributed by atoms with Gasteiger partial charge in [0.2, 0.25) is 0 Å². The smallest absolute Gasteiger partial charge is 0.128 e. The monoisotopic (exact) mass is 250 g/mol. The second kappa shape index (κ2) is 5.59. The van der Waals surface area contributed by atoms with E-state index in [1.54, 1.807) is 6.92 Å². The van der Waals surface area contributed by atoms with Crippen LogP contribution in [-0.4, -0.2) is 13.1 Å². The quantitative estimate of drug-likeness (QED) is 0.810. The van der Waals surface area contributed by atoms with Crippen LogP contribution < -0.4 is 10.6 Å². The van der Waals surface area contributed by atoms with Crippen molar-refractivity contribution >= 4 is 11.4 Å². The van der Waals surface area contributed by atoms with Crippen molar-refractivity contribution in [1.29, 1.82) is 0 Å². The Morgan fingerprint density at radius 2 is 2.11 bits per heavy atom. The van der Waals surface area contributed by atoms with Gasteiger partial charge in [0, 0.05) is 13.1 Å². The molecule has 0 spiro atoms. The van der Waals surface area contributed by atoms with Crippen molar-refractivity contribution in [2.75, 3.05) is 23.7 Å². The fourth-order valence-corrected chi connectivity index (χ4v) is 2.77. The van der Waals surface area contributed by atoms with Gasteiger partial charge in [0.05, 0.1) is 11.4 Å². The lowest BCUT2D eigenvalue weighted by molar-refractivity contribution is 0.459. The standard InChI is InChI=1S/C15H23FN2/c1-3-12-5-4-7-18(8-6-12)15-9-11(2)13(16)10-14(15)17/h9-10,12H,3-8,17H2,1-2H3. The average molecular weight is 250 g/mol. The van der Waals surface area contributed by atoms with Gasteiger partial charge >= 0.3 is 0 Å². The molecule has 1 fully saturated rings. The lowest BCUT2D eigenvalue weighted by atomic mass is 9.98. The van der Waals surface area contributed by atoms with Gasteiger partial charge in [0.15, 0.2) is 0 Å². The molecule has 0 aromatic heterocycles. The Labute approximate surface area is 109 Å². The van der Waals surface area contributed by atoms with Gasteiger partial charge in [-0.2, -0.15) is 0 Å². The Hall–Kier alpha value is -1.25. The molecule has 0 amide bonds. The molecule has 1 atom stereocenters. The molecule has 2 N–H and O–H groups in total. The van der Waals surface area contributed by atoms with Crippen LogP contribution in [0.3, 0.4) is 0 Å². The fourth-order valence-electron chi connectivity index (χ4n) is 2.77. The summed E-state index contributed by atoms with van der Waals surface area (Å²) in [5.74, 6) is 0.621. The summed E-state index contributed by atoms with van der Waals surface area (Å²) in [4.78, 5) is 2.32. The zero-order chi connectivity index (χ0) is 13.1. The average Bonchev–Trinajstić information content (AvgIpc) is 2.59. The van der Waals surface area contributed by atoms with E-state index in [0.717, 1.165) is 24.7 Å². The summed E-state index contributed by atoms with van der Waals surface area (Å²) in [5.41, 5.74) is 8.20. The Bertz CT molecular complexity index is 417. The second-order valence-electron chi connectivity index (χ2n) is 5.35. The normalized spacial score (nSPS) is 20.8. The molecule has 18 heavy (non-hydrogen) atoms. The summed E-state index contributed by atoms with van der Waals surface area (Å²) in [6.45, 7) is 6.13. The first kappa shape index (κ1) is 13.2. The summed E-state index contributed by atoms with van der Waals surface area (Å²) >= 11 is 0. The minimum absolute atomic E-state index is 0.211. The topological polar surface area (TPSA) is 29.3 Å². The largest absolute Gasteiger partial charge is 0.397 e. The zero-order valence-electron chi connectivity index (χ0n) is 11.4. The van der Waals surface area contributed by atoms with Crippen molar-refractivity contribution in [1.82, 2.24) is 0 Å². The lowest BCUT2D eigenvalue weighted by Gasteiger charge is -2.25. The van der Waals surface area contributed by atoms with Crippen LogP contribution in [-0.2, 0) is 0 Å². The molecular formula is C15H23FN2. The number of hydrogen-bond acceptors (Lipinski definition) is 2. The van der Waals surface area contributed by atoms with Crippen molar-refractivity contribution in [3.05, 3.63) is 23.5 Å². The maximum Gasteiger partial charge on any atom is 0.128 e. The highest BCUT2D eigenvalue weighted by molar-refractivity contribution is 5.68. The fraction of sp³-hybridized carbons (Fsp3) is 0.600. The molecule has 2 rings (SSSR count). The summed E-state index contributed by atoms with van der Waals surface area (Å²) in [6, 6.07) is 3.34. The lowest BCUT2D eigenvalue weighted by Crippen LogP contribution is -2.25. The number of benzene rings is 1. The third-order valence-corrected chi connectivity index (χ3v) is 4.07. The van der Waals surface area contributed by atoms with Gasteiger partial charge in [-0.3, -0.25) is 0 Å². The molecule has 1 heterocycles. The predicted octanol–water partition coefficient (Wildman–Crippen LogP) is 3.73. The van der Waals surface area contributed by atoms with Crippen molar-refractivity contribution in [3.8, 4) is 0 Å². The highest BCUT2D eigenvalue weighted by Gasteiger charge is 2.18. The third kappa shape index (κ3) is 2.77. The van der Waals surface area contributed by atoms with Crippen LogP contribution >= 0.6 is 0 Å². The van der Waals surface area contributed by atoms with Crippen LogP contribution in [0.5, 0.6) is 0 Å². The number of hydrogen-bond donors (Lipinski definition) is 1. The van der Waals surface area contributed by atoms with Gasteiger partial charge in [0.1, 0.15) is 5.82 Å². The number of nitrogens with two attached hydrogens (primary N) is 1. The van der Waals surface area contributed by atoms with E-state index in [1.807, 2.05) is 6.07 Å². The van der Waals surface area contributed by atoms with Crippen LogP contribution in [0.15, 0.2) is 12.1 Å². The van der Waals surface area contributed by atoms with Gasteiger partial charge in [0.25, 0.3) is 0 Å². The van der Waals surface area contributed by atoms with E-state index >= 15 is 0 Å². The molecule has 2 nitrogen and oxygen atoms in total. The van der Waals surface area contributed by atoms with E-state index in [-0.39, 0.29) is 5.82 Å². The molecule has 1 saturated heterocycles. The number of aryl methyl sites for hydroxylation is 1. The van der Waals surface area contributed by atoms with E-state index < -0.39 is 0 Å². The van der Waals surface area contributed by atoms with Crippen LogP contribution in [0.4, 0.5) is 15.8 Å².